The van der Waals surface area contributed by atoms with Crippen LogP contribution in [0.3, 0.4) is 0 Å². The summed E-state index contributed by atoms with van der Waals surface area (Å²) in [6.07, 6.45) is 6.62. The van der Waals surface area contributed by atoms with Gasteiger partial charge in [-0.3, -0.25) is 4.18 Å². The Hall–Kier alpha value is -0.350. The van der Waals surface area contributed by atoms with Crippen LogP contribution >= 0.6 is 0 Å². The van der Waals surface area contributed by atoms with Crippen molar-refractivity contribution in [1.82, 2.24) is 0 Å². The highest BCUT2D eigenvalue weighted by Crippen LogP contribution is 2.31. The Labute approximate surface area is 79.9 Å². The Kier molecular flexibility index (Phi) is 3.50. The lowest BCUT2D eigenvalue weighted by molar-refractivity contribution is 0.169. The van der Waals surface area contributed by atoms with E-state index in [0.717, 1.165) is 31.9 Å². The van der Waals surface area contributed by atoms with Gasteiger partial charge in [0.05, 0.1) is 12.4 Å². The average Bonchev–Trinajstić information content (AvgIpc) is 2.34. The topological polar surface area (TPSA) is 43.4 Å². The van der Waals surface area contributed by atoms with Gasteiger partial charge in [0.2, 0.25) is 0 Å². The van der Waals surface area contributed by atoms with Gasteiger partial charge in [-0.25, -0.2) is 0 Å². The van der Waals surface area contributed by atoms with E-state index in [1.54, 1.807) is 0 Å². The first-order chi connectivity index (χ1) is 6.03. The third kappa shape index (κ3) is 3.48. The molecule has 0 heterocycles. The third-order valence-electron chi connectivity index (χ3n) is 2.36. The highest BCUT2D eigenvalue weighted by atomic mass is 32.2. The summed E-state index contributed by atoms with van der Waals surface area (Å²) in [7, 11) is -3.29. The first-order valence-corrected chi connectivity index (χ1v) is 6.34. The molecule has 0 aromatic rings. The first kappa shape index (κ1) is 10.7. The normalized spacial score (nSPS) is 29.0. The predicted molar refractivity (Wildman–Crippen MR) is 51.9 cm³/mol. The maximum Gasteiger partial charge on any atom is 0.264 e. The first-order valence-electron chi connectivity index (χ1n) is 4.52. The van der Waals surface area contributed by atoms with E-state index in [9.17, 15) is 8.42 Å². The molecular formula is C9H16O3S. The Bertz CT molecular complexity index is 269. The van der Waals surface area contributed by atoms with E-state index in [4.69, 9.17) is 4.18 Å². The molecule has 0 aliphatic heterocycles. The van der Waals surface area contributed by atoms with Crippen molar-refractivity contribution >= 4 is 10.1 Å². The fourth-order valence-electron chi connectivity index (χ4n) is 1.84. The van der Waals surface area contributed by atoms with Crippen molar-refractivity contribution in [2.24, 2.45) is 5.92 Å². The molecule has 0 saturated heterocycles. The van der Waals surface area contributed by atoms with Gasteiger partial charge in [-0.1, -0.05) is 12.5 Å². The van der Waals surface area contributed by atoms with Crippen LogP contribution < -0.4 is 0 Å². The quantitative estimate of drug-likeness (QED) is 0.517. The van der Waals surface area contributed by atoms with Gasteiger partial charge in [-0.2, -0.15) is 8.42 Å². The molecule has 1 saturated carbocycles. The van der Waals surface area contributed by atoms with Crippen LogP contribution in [0.15, 0.2) is 12.7 Å². The van der Waals surface area contributed by atoms with Crippen LogP contribution in [-0.4, -0.2) is 20.8 Å². The van der Waals surface area contributed by atoms with Crippen molar-refractivity contribution < 1.29 is 12.6 Å². The van der Waals surface area contributed by atoms with Gasteiger partial charge in [-0.05, 0) is 25.2 Å². The Morgan fingerprint density at radius 1 is 1.54 bits per heavy atom. The second-order valence-electron chi connectivity index (χ2n) is 3.55. The van der Waals surface area contributed by atoms with E-state index in [1.807, 2.05) is 6.08 Å². The fourth-order valence-corrected chi connectivity index (χ4v) is 2.54. The highest BCUT2D eigenvalue weighted by Gasteiger charge is 2.29. The maximum absolute atomic E-state index is 10.9. The summed E-state index contributed by atoms with van der Waals surface area (Å²) >= 11 is 0. The molecule has 76 valence electrons. The Morgan fingerprint density at radius 3 is 2.77 bits per heavy atom. The van der Waals surface area contributed by atoms with Gasteiger partial charge in [-0.15, -0.1) is 6.58 Å². The molecule has 3 nitrogen and oxygen atoms in total. The van der Waals surface area contributed by atoms with Gasteiger partial charge in [0.25, 0.3) is 10.1 Å². The lowest BCUT2D eigenvalue weighted by atomic mass is 10.0. The molecule has 1 rings (SSSR count). The molecule has 2 atom stereocenters. The van der Waals surface area contributed by atoms with Crippen LogP contribution in [0.25, 0.3) is 0 Å². The zero-order valence-corrected chi connectivity index (χ0v) is 8.72. The number of hydrogen-bond acceptors (Lipinski definition) is 3. The average molecular weight is 204 g/mol. The molecule has 0 amide bonds. The molecular weight excluding hydrogens is 188 g/mol. The van der Waals surface area contributed by atoms with Gasteiger partial charge in [0.1, 0.15) is 0 Å². The number of hydrogen-bond donors (Lipinski definition) is 0. The molecule has 0 aromatic carbocycles. The minimum absolute atomic E-state index is 0.118. The summed E-state index contributed by atoms with van der Waals surface area (Å²) in [4.78, 5) is 0. The van der Waals surface area contributed by atoms with Crippen molar-refractivity contribution in [3.8, 4) is 0 Å². The van der Waals surface area contributed by atoms with Crippen molar-refractivity contribution in [2.75, 3.05) is 6.26 Å². The largest absolute Gasteiger partial charge is 0.267 e. The lowest BCUT2D eigenvalue weighted by Crippen LogP contribution is -2.21. The van der Waals surface area contributed by atoms with Crippen LogP contribution in [0.2, 0.25) is 0 Å². The van der Waals surface area contributed by atoms with Crippen LogP contribution in [-0.2, 0) is 14.3 Å². The Morgan fingerprint density at radius 2 is 2.23 bits per heavy atom. The molecule has 0 unspecified atom stereocenters. The number of allylic oxidation sites excluding steroid dienone is 1. The summed E-state index contributed by atoms with van der Waals surface area (Å²) in [6, 6.07) is 0. The van der Waals surface area contributed by atoms with Crippen molar-refractivity contribution in [2.45, 2.75) is 31.8 Å². The van der Waals surface area contributed by atoms with Gasteiger partial charge in [0, 0.05) is 0 Å². The minimum Gasteiger partial charge on any atom is -0.267 e. The smallest absolute Gasteiger partial charge is 0.264 e. The molecule has 0 N–H and O–H groups in total. The third-order valence-corrected chi connectivity index (χ3v) is 2.95. The molecule has 13 heavy (non-hydrogen) atoms. The SMILES string of the molecule is C=CC[C@@H]1CCC[C@@H]1OS(C)(=O)=O. The van der Waals surface area contributed by atoms with Crippen molar-refractivity contribution in [3.05, 3.63) is 12.7 Å². The standard InChI is InChI=1S/C9H16O3S/c1-3-5-8-6-4-7-9(8)12-13(2,10)11/h3,8-9H,1,4-7H2,2H3/t8-,9+/m1/s1. The van der Waals surface area contributed by atoms with E-state index in [-0.39, 0.29) is 6.10 Å². The monoisotopic (exact) mass is 204 g/mol. The van der Waals surface area contributed by atoms with E-state index < -0.39 is 10.1 Å². The maximum atomic E-state index is 10.9. The van der Waals surface area contributed by atoms with Crippen LogP contribution in [0, 0.1) is 5.92 Å². The molecule has 4 heteroatoms. The molecule has 0 aromatic heterocycles. The second kappa shape index (κ2) is 4.24. The predicted octanol–water partition coefficient (Wildman–Crippen LogP) is 1.71. The lowest BCUT2D eigenvalue weighted by Gasteiger charge is -2.16. The summed E-state index contributed by atoms with van der Waals surface area (Å²) in [5.74, 6) is 0.340. The summed E-state index contributed by atoms with van der Waals surface area (Å²) in [5, 5.41) is 0. The molecule has 1 fully saturated rings. The molecule has 0 bridgehead atoms. The second-order valence-corrected chi connectivity index (χ2v) is 5.15. The molecule has 0 radical (unpaired) electrons. The highest BCUT2D eigenvalue weighted by molar-refractivity contribution is 7.86. The van der Waals surface area contributed by atoms with E-state index in [1.165, 1.54) is 0 Å². The molecule has 1 aliphatic rings. The van der Waals surface area contributed by atoms with E-state index in [2.05, 4.69) is 6.58 Å². The zero-order chi connectivity index (χ0) is 9.90. The van der Waals surface area contributed by atoms with E-state index >= 15 is 0 Å². The Balaban J connectivity index is 2.53. The van der Waals surface area contributed by atoms with Gasteiger partial charge in [0.15, 0.2) is 0 Å². The van der Waals surface area contributed by atoms with Crippen molar-refractivity contribution in [3.63, 3.8) is 0 Å². The molecule has 0 spiro atoms. The fraction of sp³-hybridized carbons (Fsp3) is 0.778. The number of rotatable bonds is 4. The van der Waals surface area contributed by atoms with Gasteiger partial charge >= 0.3 is 0 Å². The summed E-state index contributed by atoms with van der Waals surface area (Å²) in [6.45, 7) is 3.65. The zero-order valence-electron chi connectivity index (χ0n) is 7.90. The van der Waals surface area contributed by atoms with Crippen LogP contribution in [0.4, 0.5) is 0 Å². The molecule has 1 aliphatic carbocycles. The summed E-state index contributed by atoms with van der Waals surface area (Å²) < 4.78 is 26.8. The minimum atomic E-state index is -3.29. The summed E-state index contributed by atoms with van der Waals surface area (Å²) in [5.41, 5.74) is 0. The van der Waals surface area contributed by atoms with Crippen LogP contribution in [0.1, 0.15) is 25.7 Å². The van der Waals surface area contributed by atoms with E-state index in [0.29, 0.717) is 5.92 Å². The van der Waals surface area contributed by atoms with Crippen molar-refractivity contribution in [1.29, 1.82) is 0 Å². The van der Waals surface area contributed by atoms with Crippen LogP contribution in [0.5, 0.6) is 0 Å². The van der Waals surface area contributed by atoms with Gasteiger partial charge < -0.3 is 0 Å².